The van der Waals surface area contributed by atoms with Crippen LogP contribution in [-0.4, -0.2) is 12.0 Å². The lowest BCUT2D eigenvalue weighted by Gasteiger charge is -2.07. The van der Waals surface area contributed by atoms with E-state index < -0.39 is 4.92 Å². The lowest BCUT2D eigenvalue weighted by molar-refractivity contribution is -0.384. The van der Waals surface area contributed by atoms with Crippen molar-refractivity contribution in [1.82, 2.24) is 0 Å². The summed E-state index contributed by atoms with van der Waals surface area (Å²) >= 11 is 0. The molecule has 2 N–H and O–H groups in total. The summed E-state index contributed by atoms with van der Waals surface area (Å²) in [6, 6.07) is 2.94. The Hall–Kier alpha value is -1.78. The first-order valence-corrected chi connectivity index (χ1v) is 4.21. The molecule has 0 aliphatic heterocycles. The lowest BCUT2D eigenvalue weighted by atomic mass is 10.1. The Morgan fingerprint density at radius 3 is 2.64 bits per heavy atom. The van der Waals surface area contributed by atoms with Crippen molar-refractivity contribution in [2.45, 2.75) is 13.3 Å². The monoisotopic (exact) mass is 196 g/mol. The van der Waals surface area contributed by atoms with Gasteiger partial charge in [0, 0.05) is 0 Å². The van der Waals surface area contributed by atoms with Crippen LogP contribution in [0.2, 0.25) is 0 Å². The minimum Gasteiger partial charge on any atom is -0.496 e. The van der Waals surface area contributed by atoms with Crippen molar-refractivity contribution in [3.63, 3.8) is 0 Å². The third-order valence-electron chi connectivity index (χ3n) is 2.01. The van der Waals surface area contributed by atoms with Crippen molar-refractivity contribution in [3.8, 4) is 5.75 Å². The summed E-state index contributed by atoms with van der Waals surface area (Å²) in [7, 11) is 1.48. The molecule has 0 heterocycles. The van der Waals surface area contributed by atoms with E-state index in [1.165, 1.54) is 13.2 Å². The molecule has 0 radical (unpaired) electrons. The standard InChI is InChI=1S/C9H12N2O3/c1-3-6-4-7(10)8(11(12)13)5-9(6)14-2/h4-5H,3,10H2,1-2H3. The van der Waals surface area contributed by atoms with E-state index in [4.69, 9.17) is 10.5 Å². The molecule has 0 aromatic heterocycles. The molecule has 76 valence electrons. The average molecular weight is 196 g/mol. The van der Waals surface area contributed by atoms with Crippen LogP contribution in [-0.2, 0) is 6.42 Å². The number of hydrogen-bond donors (Lipinski definition) is 1. The Kier molecular flexibility index (Phi) is 2.91. The summed E-state index contributed by atoms with van der Waals surface area (Å²) < 4.78 is 5.02. The molecule has 1 aromatic rings. The van der Waals surface area contributed by atoms with E-state index in [9.17, 15) is 10.1 Å². The van der Waals surface area contributed by atoms with E-state index >= 15 is 0 Å². The van der Waals surface area contributed by atoms with Gasteiger partial charge in [0.1, 0.15) is 11.4 Å². The molecule has 0 saturated carbocycles. The molecule has 0 aliphatic carbocycles. The quantitative estimate of drug-likeness (QED) is 0.453. The van der Waals surface area contributed by atoms with Crippen molar-refractivity contribution >= 4 is 11.4 Å². The van der Waals surface area contributed by atoms with Crippen molar-refractivity contribution in [2.24, 2.45) is 0 Å². The van der Waals surface area contributed by atoms with Crippen LogP contribution in [0.3, 0.4) is 0 Å². The number of aryl methyl sites for hydroxylation is 1. The molecule has 0 saturated heterocycles. The second-order valence-electron chi connectivity index (χ2n) is 2.83. The maximum atomic E-state index is 10.6. The first-order chi connectivity index (χ1) is 6.60. The number of benzene rings is 1. The Morgan fingerprint density at radius 2 is 2.21 bits per heavy atom. The molecule has 0 bridgehead atoms. The van der Waals surface area contributed by atoms with E-state index in [-0.39, 0.29) is 11.4 Å². The first kappa shape index (κ1) is 10.3. The van der Waals surface area contributed by atoms with Crippen LogP contribution in [0.5, 0.6) is 5.75 Å². The number of nitro benzene ring substituents is 1. The molecule has 14 heavy (non-hydrogen) atoms. The summed E-state index contributed by atoms with van der Waals surface area (Å²) in [5.74, 6) is 0.508. The van der Waals surface area contributed by atoms with Gasteiger partial charge >= 0.3 is 0 Å². The predicted octanol–water partition coefficient (Wildman–Crippen LogP) is 1.75. The largest absolute Gasteiger partial charge is 0.496 e. The van der Waals surface area contributed by atoms with Crippen LogP contribution in [0, 0.1) is 10.1 Å². The van der Waals surface area contributed by atoms with E-state index in [0.717, 1.165) is 12.0 Å². The summed E-state index contributed by atoms with van der Waals surface area (Å²) in [5, 5.41) is 10.6. The van der Waals surface area contributed by atoms with Gasteiger partial charge in [0.25, 0.3) is 5.69 Å². The van der Waals surface area contributed by atoms with Gasteiger partial charge in [0.15, 0.2) is 0 Å². The SMILES string of the molecule is CCc1cc(N)c([N+](=O)[O-])cc1OC. The van der Waals surface area contributed by atoms with Gasteiger partial charge in [-0.2, -0.15) is 0 Å². The van der Waals surface area contributed by atoms with E-state index in [1.54, 1.807) is 6.07 Å². The second kappa shape index (κ2) is 3.95. The Bertz CT molecular complexity index is 363. The van der Waals surface area contributed by atoms with Gasteiger partial charge in [0.2, 0.25) is 0 Å². The molecule has 5 nitrogen and oxygen atoms in total. The van der Waals surface area contributed by atoms with Gasteiger partial charge in [-0.25, -0.2) is 0 Å². The van der Waals surface area contributed by atoms with Gasteiger partial charge in [0.05, 0.1) is 18.1 Å². The van der Waals surface area contributed by atoms with Gasteiger partial charge in [-0.3, -0.25) is 10.1 Å². The summed E-state index contributed by atoms with van der Waals surface area (Å²) in [6.07, 6.45) is 0.728. The normalized spacial score (nSPS) is 9.86. The van der Waals surface area contributed by atoms with Crippen molar-refractivity contribution in [1.29, 1.82) is 0 Å². The highest BCUT2D eigenvalue weighted by atomic mass is 16.6. The number of nitrogens with two attached hydrogens (primary N) is 1. The molecule has 0 unspecified atom stereocenters. The molecular formula is C9H12N2O3. The van der Waals surface area contributed by atoms with E-state index in [2.05, 4.69) is 0 Å². The third-order valence-corrected chi connectivity index (χ3v) is 2.01. The minimum absolute atomic E-state index is 0.112. The number of anilines is 1. The van der Waals surface area contributed by atoms with Crippen LogP contribution >= 0.6 is 0 Å². The first-order valence-electron chi connectivity index (χ1n) is 4.21. The van der Waals surface area contributed by atoms with Gasteiger partial charge in [-0.1, -0.05) is 6.92 Å². The highest BCUT2D eigenvalue weighted by molar-refractivity contribution is 5.63. The Labute approximate surface area is 81.6 Å². The fraction of sp³-hybridized carbons (Fsp3) is 0.333. The molecule has 0 amide bonds. The third kappa shape index (κ3) is 1.76. The highest BCUT2D eigenvalue weighted by Crippen LogP contribution is 2.30. The van der Waals surface area contributed by atoms with Gasteiger partial charge in [-0.05, 0) is 18.1 Å². The second-order valence-corrected chi connectivity index (χ2v) is 2.83. The van der Waals surface area contributed by atoms with Crippen LogP contribution in [0.25, 0.3) is 0 Å². The van der Waals surface area contributed by atoms with Crippen molar-refractivity contribution < 1.29 is 9.66 Å². The number of ether oxygens (including phenoxy) is 1. The van der Waals surface area contributed by atoms with Crippen LogP contribution < -0.4 is 10.5 Å². The number of methoxy groups -OCH3 is 1. The fourth-order valence-electron chi connectivity index (χ4n) is 1.26. The minimum atomic E-state index is -0.517. The summed E-state index contributed by atoms with van der Waals surface area (Å²) in [5.41, 5.74) is 6.46. The van der Waals surface area contributed by atoms with E-state index in [0.29, 0.717) is 5.75 Å². The number of nitro groups is 1. The molecule has 0 aliphatic rings. The molecule has 0 atom stereocenters. The fourth-order valence-corrected chi connectivity index (χ4v) is 1.26. The van der Waals surface area contributed by atoms with Crippen LogP contribution in [0.15, 0.2) is 12.1 Å². The lowest BCUT2D eigenvalue weighted by Crippen LogP contribution is -1.99. The van der Waals surface area contributed by atoms with Crippen LogP contribution in [0.4, 0.5) is 11.4 Å². The molecule has 1 rings (SSSR count). The average Bonchev–Trinajstić information content (AvgIpc) is 2.16. The van der Waals surface area contributed by atoms with E-state index in [1.807, 2.05) is 6.92 Å². The van der Waals surface area contributed by atoms with Gasteiger partial charge in [-0.15, -0.1) is 0 Å². The van der Waals surface area contributed by atoms with Crippen LogP contribution in [0.1, 0.15) is 12.5 Å². The molecule has 0 fully saturated rings. The molecular weight excluding hydrogens is 184 g/mol. The Morgan fingerprint density at radius 1 is 1.57 bits per heavy atom. The van der Waals surface area contributed by atoms with Crippen molar-refractivity contribution in [3.05, 3.63) is 27.8 Å². The number of nitrogen functional groups attached to an aromatic ring is 1. The topological polar surface area (TPSA) is 78.4 Å². The number of hydrogen-bond acceptors (Lipinski definition) is 4. The predicted molar refractivity (Wildman–Crippen MR) is 53.4 cm³/mol. The molecule has 0 spiro atoms. The molecule has 1 aromatic carbocycles. The number of rotatable bonds is 3. The maximum Gasteiger partial charge on any atom is 0.295 e. The maximum absolute atomic E-state index is 10.6. The summed E-state index contributed by atoms with van der Waals surface area (Å²) in [4.78, 5) is 10.0. The summed E-state index contributed by atoms with van der Waals surface area (Å²) in [6.45, 7) is 1.93. The zero-order valence-corrected chi connectivity index (χ0v) is 8.11. The number of nitrogens with zero attached hydrogens (tertiary/aromatic N) is 1. The molecule has 5 heteroatoms. The zero-order chi connectivity index (χ0) is 10.7. The Balaban J connectivity index is 3.30. The van der Waals surface area contributed by atoms with Crippen molar-refractivity contribution in [2.75, 3.05) is 12.8 Å². The highest BCUT2D eigenvalue weighted by Gasteiger charge is 2.15. The van der Waals surface area contributed by atoms with Gasteiger partial charge < -0.3 is 10.5 Å². The zero-order valence-electron chi connectivity index (χ0n) is 8.11. The smallest absolute Gasteiger partial charge is 0.295 e.